The van der Waals surface area contributed by atoms with Crippen LogP contribution in [0.4, 0.5) is 5.69 Å². The first-order chi connectivity index (χ1) is 12.9. The van der Waals surface area contributed by atoms with Gasteiger partial charge in [-0.3, -0.25) is 14.6 Å². The van der Waals surface area contributed by atoms with Crippen LogP contribution in [0.3, 0.4) is 0 Å². The maximum Gasteiger partial charge on any atom is 0.331 e. The average Bonchev–Trinajstić information content (AvgIpc) is 2.65. The molecular weight excluding hydrogens is 344 g/mol. The monoisotopic (exact) mass is 366 g/mol. The van der Waals surface area contributed by atoms with Crippen molar-refractivity contribution in [1.29, 1.82) is 0 Å². The van der Waals surface area contributed by atoms with E-state index in [1.54, 1.807) is 48.7 Å². The number of amides is 1. The first-order valence-corrected chi connectivity index (χ1v) is 8.63. The van der Waals surface area contributed by atoms with E-state index in [-0.39, 0.29) is 24.2 Å². The minimum atomic E-state index is -0.619. The summed E-state index contributed by atoms with van der Waals surface area (Å²) >= 11 is 0. The molecule has 6 nitrogen and oxygen atoms in total. The lowest BCUT2D eigenvalue weighted by atomic mass is 10.1. The summed E-state index contributed by atoms with van der Waals surface area (Å²) in [5, 5.41) is 2.77. The molecule has 0 aliphatic heterocycles. The Hall–Kier alpha value is -3.28. The van der Waals surface area contributed by atoms with Gasteiger partial charge in [-0.15, -0.1) is 0 Å². The first-order valence-electron chi connectivity index (χ1n) is 8.63. The van der Waals surface area contributed by atoms with Gasteiger partial charge in [0.15, 0.2) is 12.4 Å². The van der Waals surface area contributed by atoms with E-state index in [9.17, 15) is 14.4 Å². The molecule has 0 aliphatic carbocycles. The van der Waals surface area contributed by atoms with Crippen LogP contribution in [-0.2, 0) is 14.3 Å². The molecule has 1 N–H and O–H groups in total. The molecule has 140 valence electrons. The number of ether oxygens (including phenoxy) is 1. The molecule has 0 fully saturated rings. The number of nitrogens with zero attached hydrogens (tertiary/aromatic N) is 1. The van der Waals surface area contributed by atoms with Crippen molar-refractivity contribution in [1.82, 2.24) is 4.98 Å². The predicted octanol–water partition coefficient (Wildman–Crippen LogP) is 3.51. The van der Waals surface area contributed by atoms with E-state index < -0.39 is 5.97 Å². The topological polar surface area (TPSA) is 85.4 Å². The average molecular weight is 366 g/mol. The van der Waals surface area contributed by atoms with E-state index in [1.165, 1.54) is 12.2 Å². The molecule has 0 aliphatic rings. The molecule has 27 heavy (non-hydrogen) atoms. The van der Waals surface area contributed by atoms with Gasteiger partial charge in [-0.1, -0.05) is 19.9 Å². The number of carbonyl (C=O) groups excluding carboxylic acids is 3. The van der Waals surface area contributed by atoms with E-state index in [0.29, 0.717) is 23.4 Å². The zero-order chi connectivity index (χ0) is 19.6. The maximum atomic E-state index is 12.1. The van der Waals surface area contributed by atoms with Gasteiger partial charge in [-0.25, -0.2) is 4.79 Å². The van der Waals surface area contributed by atoms with Crippen molar-refractivity contribution in [3.05, 3.63) is 66.0 Å². The number of hydrogen-bond acceptors (Lipinski definition) is 5. The quantitative estimate of drug-likeness (QED) is 0.439. The van der Waals surface area contributed by atoms with Crippen LogP contribution < -0.4 is 5.32 Å². The lowest BCUT2D eigenvalue weighted by molar-refractivity contribution is -0.136. The Balaban J connectivity index is 1.82. The molecule has 1 aromatic carbocycles. The van der Waals surface area contributed by atoms with Crippen molar-refractivity contribution in [2.45, 2.75) is 20.3 Å². The number of nitrogens with one attached hydrogen (secondary N) is 1. The van der Waals surface area contributed by atoms with E-state index in [4.69, 9.17) is 4.74 Å². The van der Waals surface area contributed by atoms with Crippen molar-refractivity contribution in [3.63, 3.8) is 0 Å². The molecule has 2 rings (SSSR count). The number of benzene rings is 1. The number of aromatic nitrogens is 1. The van der Waals surface area contributed by atoms with E-state index in [1.807, 2.05) is 13.8 Å². The SMILES string of the molecule is CC(C)CC(=O)Nc1ccc(C(=O)COC(=O)C=Cc2ccccn2)cc1. The Bertz CT molecular complexity index is 812. The van der Waals surface area contributed by atoms with Crippen molar-refractivity contribution >= 4 is 29.4 Å². The normalized spacial score (nSPS) is 10.8. The molecule has 0 atom stereocenters. The summed E-state index contributed by atoms with van der Waals surface area (Å²) in [6.45, 7) is 3.58. The van der Waals surface area contributed by atoms with E-state index in [2.05, 4.69) is 10.3 Å². The second kappa shape index (κ2) is 10.0. The highest BCUT2D eigenvalue weighted by atomic mass is 16.5. The molecule has 0 unspecified atom stereocenters. The van der Waals surface area contributed by atoms with Crippen LogP contribution in [0, 0.1) is 5.92 Å². The third-order valence-corrected chi connectivity index (χ3v) is 3.51. The molecule has 6 heteroatoms. The van der Waals surface area contributed by atoms with Crippen LogP contribution >= 0.6 is 0 Å². The minimum Gasteiger partial charge on any atom is -0.454 e. The van der Waals surface area contributed by atoms with Crippen molar-refractivity contribution < 1.29 is 19.1 Å². The van der Waals surface area contributed by atoms with Crippen LogP contribution in [0.15, 0.2) is 54.7 Å². The summed E-state index contributed by atoms with van der Waals surface area (Å²) in [6.07, 6.45) is 4.79. The lowest BCUT2D eigenvalue weighted by Crippen LogP contribution is -2.14. The number of carbonyl (C=O) groups is 3. The molecule has 1 amide bonds. The van der Waals surface area contributed by atoms with Gasteiger partial charge in [0, 0.05) is 29.9 Å². The number of anilines is 1. The third-order valence-electron chi connectivity index (χ3n) is 3.51. The molecular formula is C21H22N2O4. The van der Waals surface area contributed by atoms with Gasteiger partial charge in [0.2, 0.25) is 5.91 Å². The van der Waals surface area contributed by atoms with Crippen molar-refractivity contribution in [2.75, 3.05) is 11.9 Å². The fourth-order valence-electron chi connectivity index (χ4n) is 2.22. The summed E-state index contributed by atoms with van der Waals surface area (Å²) in [4.78, 5) is 39.6. The highest BCUT2D eigenvalue weighted by Crippen LogP contribution is 2.12. The first kappa shape index (κ1) is 20.0. The third kappa shape index (κ3) is 7.23. The molecule has 1 aromatic heterocycles. The Labute approximate surface area is 158 Å². The van der Waals surface area contributed by atoms with Crippen molar-refractivity contribution in [2.24, 2.45) is 5.92 Å². The van der Waals surface area contributed by atoms with Crippen molar-refractivity contribution in [3.8, 4) is 0 Å². The predicted molar refractivity (Wildman–Crippen MR) is 103 cm³/mol. The lowest BCUT2D eigenvalue weighted by Gasteiger charge is -2.08. The van der Waals surface area contributed by atoms with Crippen LogP contribution in [0.1, 0.15) is 36.3 Å². The van der Waals surface area contributed by atoms with Gasteiger partial charge in [-0.2, -0.15) is 0 Å². The molecule has 0 saturated carbocycles. The van der Waals surface area contributed by atoms with E-state index >= 15 is 0 Å². The highest BCUT2D eigenvalue weighted by Gasteiger charge is 2.10. The minimum absolute atomic E-state index is 0.0716. The largest absolute Gasteiger partial charge is 0.454 e. The summed E-state index contributed by atoms with van der Waals surface area (Å²) < 4.78 is 4.95. The highest BCUT2D eigenvalue weighted by molar-refractivity contribution is 5.99. The number of hydrogen-bond donors (Lipinski definition) is 1. The maximum absolute atomic E-state index is 12.1. The molecule has 0 radical (unpaired) electrons. The Morgan fingerprint density at radius 3 is 2.48 bits per heavy atom. The summed E-state index contributed by atoms with van der Waals surface area (Å²) in [5.41, 5.74) is 1.64. The van der Waals surface area contributed by atoms with Crippen LogP contribution in [0.25, 0.3) is 6.08 Å². The Morgan fingerprint density at radius 1 is 1.11 bits per heavy atom. The van der Waals surface area contributed by atoms with Crippen LogP contribution in [0.2, 0.25) is 0 Å². The zero-order valence-corrected chi connectivity index (χ0v) is 15.3. The Kier molecular flexibility index (Phi) is 7.43. The second-order valence-electron chi connectivity index (χ2n) is 6.34. The van der Waals surface area contributed by atoms with Crippen LogP contribution in [-0.4, -0.2) is 29.3 Å². The van der Waals surface area contributed by atoms with Gasteiger partial charge in [-0.05, 0) is 48.4 Å². The summed E-state index contributed by atoms with van der Waals surface area (Å²) in [6, 6.07) is 11.8. The number of ketones is 1. The Morgan fingerprint density at radius 2 is 1.85 bits per heavy atom. The smallest absolute Gasteiger partial charge is 0.331 e. The molecule has 0 bridgehead atoms. The fourth-order valence-corrected chi connectivity index (χ4v) is 2.22. The second-order valence-corrected chi connectivity index (χ2v) is 6.34. The van der Waals surface area contributed by atoms with Gasteiger partial charge >= 0.3 is 5.97 Å². The van der Waals surface area contributed by atoms with Gasteiger partial charge in [0.1, 0.15) is 0 Å². The van der Waals surface area contributed by atoms with Gasteiger partial charge < -0.3 is 10.1 Å². The van der Waals surface area contributed by atoms with Gasteiger partial charge in [0.05, 0.1) is 5.69 Å². The standard InChI is InChI=1S/C21H22N2O4/c1-15(2)13-20(25)23-18-8-6-16(7-9-18)19(24)14-27-21(26)11-10-17-5-3-4-12-22-17/h3-12,15H,13-14H2,1-2H3,(H,23,25). The summed E-state index contributed by atoms with van der Waals surface area (Å²) in [7, 11) is 0. The molecule has 0 spiro atoms. The summed E-state index contributed by atoms with van der Waals surface area (Å²) in [5.74, 6) is -0.744. The van der Waals surface area contributed by atoms with Gasteiger partial charge in [0.25, 0.3) is 0 Å². The van der Waals surface area contributed by atoms with Crippen LogP contribution in [0.5, 0.6) is 0 Å². The zero-order valence-electron chi connectivity index (χ0n) is 15.3. The number of Topliss-reactive ketones (excluding diaryl/α,β-unsaturated/α-hetero) is 1. The molecule has 1 heterocycles. The number of pyridine rings is 1. The fraction of sp³-hybridized carbons (Fsp3) is 0.238. The molecule has 0 saturated heterocycles. The number of esters is 1. The molecule has 2 aromatic rings. The van der Waals surface area contributed by atoms with E-state index in [0.717, 1.165) is 0 Å². The number of rotatable bonds is 8.